The van der Waals surface area contributed by atoms with Gasteiger partial charge in [0.2, 0.25) is 0 Å². The molecule has 0 heterocycles. The van der Waals surface area contributed by atoms with Gasteiger partial charge >= 0.3 is 5.97 Å². The van der Waals surface area contributed by atoms with Crippen LogP contribution in [0.2, 0.25) is 0 Å². The van der Waals surface area contributed by atoms with E-state index in [2.05, 4.69) is 13.8 Å². The lowest BCUT2D eigenvalue weighted by molar-refractivity contribution is -0.147. The van der Waals surface area contributed by atoms with Gasteiger partial charge in [-0.2, -0.15) is 0 Å². The Labute approximate surface area is 122 Å². The Balaban J connectivity index is 0.00000324. The summed E-state index contributed by atoms with van der Waals surface area (Å²) in [5.41, 5.74) is 5.66. The average molecular weight is 294 g/mol. The topological polar surface area (TPSA) is 61.6 Å². The van der Waals surface area contributed by atoms with Crippen molar-refractivity contribution in [3.63, 3.8) is 0 Å². The van der Waals surface area contributed by atoms with Gasteiger partial charge in [-0.3, -0.25) is 4.79 Å². The van der Waals surface area contributed by atoms with Crippen LogP contribution in [0.4, 0.5) is 0 Å². The van der Waals surface area contributed by atoms with E-state index in [9.17, 15) is 4.79 Å². The van der Waals surface area contributed by atoms with E-state index in [1.165, 1.54) is 6.42 Å². The summed E-state index contributed by atoms with van der Waals surface area (Å²) in [6, 6.07) is 0. The predicted octanol–water partition coefficient (Wildman–Crippen LogP) is 2.53. The molecule has 5 heteroatoms. The highest BCUT2D eigenvalue weighted by atomic mass is 35.5. The third-order valence-corrected chi connectivity index (χ3v) is 3.35. The third kappa shape index (κ3) is 8.45. The van der Waals surface area contributed by atoms with Gasteiger partial charge < -0.3 is 15.2 Å². The zero-order chi connectivity index (χ0) is 13.4. The maximum Gasteiger partial charge on any atom is 0.306 e. The Morgan fingerprint density at radius 3 is 2.47 bits per heavy atom. The zero-order valence-electron chi connectivity index (χ0n) is 12.1. The van der Waals surface area contributed by atoms with Crippen LogP contribution in [0.15, 0.2) is 0 Å². The van der Waals surface area contributed by atoms with Crippen molar-refractivity contribution < 1.29 is 14.3 Å². The van der Waals surface area contributed by atoms with E-state index in [0.29, 0.717) is 38.2 Å². The van der Waals surface area contributed by atoms with Gasteiger partial charge in [-0.15, -0.1) is 12.4 Å². The lowest BCUT2D eigenvalue weighted by Crippen LogP contribution is -2.25. The van der Waals surface area contributed by atoms with Crippen LogP contribution in [0.5, 0.6) is 0 Å². The fourth-order valence-corrected chi connectivity index (χ4v) is 2.13. The highest BCUT2D eigenvalue weighted by molar-refractivity contribution is 5.85. The Hall–Kier alpha value is -0.320. The van der Waals surface area contributed by atoms with Crippen LogP contribution in [-0.2, 0) is 14.3 Å². The van der Waals surface area contributed by atoms with Crippen molar-refractivity contribution >= 4 is 18.4 Å². The highest BCUT2D eigenvalue weighted by Gasteiger charge is 2.18. The maximum absolute atomic E-state index is 11.6. The molecule has 1 fully saturated rings. The number of halogens is 1. The van der Waals surface area contributed by atoms with E-state index >= 15 is 0 Å². The quantitative estimate of drug-likeness (QED) is 0.524. The van der Waals surface area contributed by atoms with Crippen LogP contribution in [0, 0.1) is 11.8 Å². The molecule has 0 spiro atoms. The van der Waals surface area contributed by atoms with E-state index in [1.54, 1.807) is 0 Å². The lowest BCUT2D eigenvalue weighted by atomic mass is 9.94. The maximum atomic E-state index is 11.6. The summed E-state index contributed by atoms with van der Waals surface area (Å²) >= 11 is 0. The van der Waals surface area contributed by atoms with Crippen LogP contribution in [0.3, 0.4) is 0 Å². The monoisotopic (exact) mass is 293 g/mol. The number of carbonyl (C=O) groups is 1. The number of nitrogens with two attached hydrogens (primary N) is 1. The smallest absolute Gasteiger partial charge is 0.306 e. The van der Waals surface area contributed by atoms with Crippen molar-refractivity contribution in [2.45, 2.75) is 52.1 Å². The van der Waals surface area contributed by atoms with Crippen LogP contribution in [-0.4, -0.2) is 31.8 Å². The highest BCUT2D eigenvalue weighted by Crippen LogP contribution is 2.21. The average Bonchev–Trinajstić information content (AvgIpc) is 2.24. The molecule has 1 saturated carbocycles. The Bertz CT molecular complexity index is 245. The fraction of sp³-hybridized carbons (Fsp3) is 0.929. The SMILES string of the molecule is CC(C)C[C@H](CN)CC(=O)OCCOC1CCC1.Cl. The number of esters is 1. The second-order valence-corrected chi connectivity index (χ2v) is 5.58. The Morgan fingerprint density at radius 1 is 1.32 bits per heavy atom. The summed E-state index contributed by atoms with van der Waals surface area (Å²) in [6.45, 7) is 5.72. The van der Waals surface area contributed by atoms with Crippen LogP contribution in [0.1, 0.15) is 46.0 Å². The largest absolute Gasteiger partial charge is 0.463 e. The van der Waals surface area contributed by atoms with Gasteiger partial charge in [0.05, 0.1) is 12.7 Å². The second kappa shape index (κ2) is 10.5. The molecule has 0 saturated heterocycles. The first-order valence-electron chi connectivity index (χ1n) is 7.09. The zero-order valence-corrected chi connectivity index (χ0v) is 12.9. The summed E-state index contributed by atoms with van der Waals surface area (Å²) in [5, 5.41) is 0. The van der Waals surface area contributed by atoms with Crippen LogP contribution in [0.25, 0.3) is 0 Å². The Morgan fingerprint density at radius 2 is 2.00 bits per heavy atom. The number of carbonyl (C=O) groups excluding carboxylic acids is 1. The Kier molecular flexibility index (Phi) is 10.3. The molecule has 0 aliphatic heterocycles. The van der Waals surface area contributed by atoms with Gasteiger partial charge in [0.25, 0.3) is 0 Å². The summed E-state index contributed by atoms with van der Waals surface area (Å²) in [4.78, 5) is 11.6. The number of hydrogen-bond acceptors (Lipinski definition) is 4. The standard InChI is InChI=1S/C14H27NO3.ClH/c1-11(2)8-12(10-15)9-14(16)18-7-6-17-13-4-3-5-13;/h11-13H,3-10,15H2,1-2H3;1H/t12-;/m0./s1. The number of ether oxygens (including phenoxy) is 2. The first-order chi connectivity index (χ1) is 8.61. The number of hydrogen-bond donors (Lipinski definition) is 1. The molecule has 4 nitrogen and oxygen atoms in total. The molecule has 0 aromatic carbocycles. The molecule has 1 aliphatic carbocycles. The molecule has 114 valence electrons. The molecular formula is C14H28ClNO3. The summed E-state index contributed by atoms with van der Waals surface area (Å²) in [5.74, 6) is 0.654. The molecule has 1 rings (SSSR count). The van der Waals surface area contributed by atoms with Gasteiger partial charge in [0, 0.05) is 6.42 Å². The van der Waals surface area contributed by atoms with E-state index in [0.717, 1.165) is 19.3 Å². The van der Waals surface area contributed by atoms with Crippen molar-refractivity contribution in [3.05, 3.63) is 0 Å². The summed E-state index contributed by atoms with van der Waals surface area (Å²) < 4.78 is 10.7. The molecule has 19 heavy (non-hydrogen) atoms. The van der Waals surface area contributed by atoms with Gasteiger partial charge in [0.15, 0.2) is 0 Å². The van der Waals surface area contributed by atoms with E-state index in [4.69, 9.17) is 15.2 Å². The molecule has 0 radical (unpaired) electrons. The molecule has 0 bridgehead atoms. The summed E-state index contributed by atoms with van der Waals surface area (Å²) in [7, 11) is 0. The molecule has 0 aromatic rings. The molecule has 1 aliphatic rings. The van der Waals surface area contributed by atoms with Gasteiger partial charge in [-0.25, -0.2) is 0 Å². The van der Waals surface area contributed by atoms with Crippen molar-refractivity contribution in [1.82, 2.24) is 0 Å². The van der Waals surface area contributed by atoms with E-state index in [1.807, 2.05) is 0 Å². The van der Waals surface area contributed by atoms with E-state index < -0.39 is 0 Å². The first-order valence-corrected chi connectivity index (χ1v) is 7.09. The van der Waals surface area contributed by atoms with Gasteiger partial charge in [-0.1, -0.05) is 13.8 Å². The minimum Gasteiger partial charge on any atom is -0.463 e. The minimum absolute atomic E-state index is 0. The summed E-state index contributed by atoms with van der Waals surface area (Å²) in [6.07, 6.45) is 5.37. The normalized spacial score (nSPS) is 16.6. The van der Waals surface area contributed by atoms with E-state index in [-0.39, 0.29) is 24.3 Å². The molecule has 0 amide bonds. The van der Waals surface area contributed by atoms with Gasteiger partial charge in [0.1, 0.15) is 6.61 Å². The molecule has 0 aromatic heterocycles. The molecular weight excluding hydrogens is 266 g/mol. The van der Waals surface area contributed by atoms with Crippen molar-refractivity contribution in [1.29, 1.82) is 0 Å². The lowest BCUT2D eigenvalue weighted by Gasteiger charge is -2.25. The minimum atomic E-state index is -0.150. The third-order valence-electron chi connectivity index (χ3n) is 3.35. The predicted molar refractivity (Wildman–Crippen MR) is 78.4 cm³/mol. The van der Waals surface area contributed by atoms with Crippen molar-refractivity contribution in [2.24, 2.45) is 17.6 Å². The molecule has 2 N–H and O–H groups in total. The fourth-order valence-electron chi connectivity index (χ4n) is 2.13. The molecule has 0 unspecified atom stereocenters. The first kappa shape index (κ1) is 18.7. The molecule has 1 atom stereocenters. The van der Waals surface area contributed by atoms with Crippen LogP contribution >= 0.6 is 12.4 Å². The van der Waals surface area contributed by atoms with Gasteiger partial charge in [-0.05, 0) is 44.1 Å². The van der Waals surface area contributed by atoms with Crippen molar-refractivity contribution in [3.8, 4) is 0 Å². The number of rotatable bonds is 9. The van der Waals surface area contributed by atoms with Crippen LogP contribution < -0.4 is 5.73 Å². The second-order valence-electron chi connectivity index (χ2n) is 5.58. The van der Waals surface area contributed by atoms with Crippen molar-refractivity contribution in [2.75, 3.05) is 19.8 Å².